The number of benzene rings is 1. The predicted molar refractivity (Wildman–Crippen MR) is 184 cm³/mol. The molecule has 4 aromatic rings. The van der Waals surface area contributed by atoms with Crippen molar-refractivity contribution in [3.63, 3.8) is 0 Å². The summed E-state index contributed by atoms with van der Waals surface area (Å²) in [4.78, 5) is 34.9. The van der Waals surface area contributed by atoms with Gasteiger partial charge in [0.05, 0.1) is 35.4 Å². The quantitative estimate of drug-likeness (QED) is 0.153. The summed E-state index contributed by atoms with van der Waals surface area (Å²) >= 11 is 0. The maximum absolute atomic E-state index is 14.5. The first-order chi connectivity index (χ1) is 23.9. The zero-order valence-electron chi connectivity index (χ0n) is 28.4. The highest BCUT2D eigenvalue weighted by molar-refractivity contribution is 5.91. The van der Waals surface area contributed by atoms with Gasteiger partial charge in [-0.1, -0.05) is 19.3 Å². The Morgan fingerprint density at radius 1 is 1.04 bits per heavy atom. The van der Waals surface area contributed by atoms with Crippen molar-refractivity contribution in [1.29, 1.82) is 0 Å². The number of hydrogen-bond acceptors (Lipinski definition) is 8. The molecule has 14 heteroatoms. The smallest absolute Gasteiger partial charge is 0.416 e. The second kappa shape index (κ2) is 14.9. The van der Waals surface area contributed by atoms with Gasteiger partial charge in [-0.05, 0) is 62.2 Å². The molecule has 3 aromatic heterocycles. The van der Waals surface area contributed by atoms with Crippen molar-refractivity contribution < 1.29 is 32.2 Å². The van der Waals surface area contributed by atoms with E-state index in [0.717, 1.165) is 76.2 Å². The van der Waals surface area contributed by atoms with Gasteiger partial charge in [0.25, 0.3) is 0 Å². The van der Waals surface area contributed by atoms with E-state index in [1.54, 1.807) is 19.4 Å². The lowest BCUT2D eigenvalue weighted by atomic mass is 9.74. The summed E-state index contributed by atoms with van der Waals surface area (Å²) < 4.78 is 61.2. The Labute approximate surface area is 288 Å². The van der Waals surface area contributed by atoms with E-state index in [9.17, 15) is 22.4 Å². The highest BCUT2D eigenvalue weighted by Crippen LogP contribution is 2.40. The van der Waals surface area contributed by atoms with Gasteiger partial charge in [0.2, 0.25) is 0 Å². The van der Waals surface area contributed by atoms with Crippen LogP contribution in [-0.2, 0) is 15.7 Å². The van der Waals surface area contributed by atoms with Crippen LogP contribution in [0.1, 0.15) is 50.5 Å². The molecule has 6 rings (SSSR count). The number of aromatic amines is 1. The molecule has 0 spiro atoms. The number of nitrogens with zero attached hydrogens (tertiary/aromatic N) is 6. The zero-order chi connectivity index (χ0) is 35.5. The maximum Gasteiger partial charge on any atom is 0.416 e. The second-order valence-electron chi connectivity index (χ2n) is 13.6. The van der Waals surface area contributed by atoms with Crippen LogP contribution < -0.4 is 9.80 Å². The van der Waals surface area contributed by atoms with Gasteiger partial charge >= 0.3 is 12.1 Å². The highest BCUT2D eigenvalue weighted by Gasteiger charge is 2.35. The van der Waals surface area contributed by atoms with Crippen molar-refractivity contribution in [1.82, 2.24) is 24.8 Å². The van der Waals surface area contributed by atoms with Crippen LogP contribution in [0.3, 0.4) is 0 Å². The van der Waals surface area contributed by atoms with E-state index in [4.69, 9.17) is 19.8 Å². The molecule has 4 heterocycles. The first kappa shape index (κ1) is 35.5. The molecule has 1 aromatic carbocycles. The van der Waals surface area contributed by atoms with Gasteiger partial charge in [-0.25, -0.2) is 14.4 Å². The van der Waals surface area contributed by atoms with Crippen LogP contribution in [0.15, 0.2) is 42.6 Å². The van der Waals surface area contributed by atoms with Crippen molar-refractivity contribution in [2.24, 2.45) is 5.41 Å². The third-order valence-corrected chi connectivity index (χ3v) is 9.90. The van der Waals surface area contributed by atoms with Crippen LogP contribution in [0.4, 0.5) is 28.9 Å². The molecule has 1 saturated heterocycles. The number of rotatable bonds is 12. The first-order valence-electron chi connectivity index (χ1n) is 17.1. The van der Waals surface area contributed by atoms with Gasteiger partial charge < -0.3 is 24.6 Å². The molecular weight excluding hydrogens is 654 g/mol. The number of nitrogens with one attached hydrogen (secondary N) is 1. The minimum absolute atomic E-state index is 0.00663. The number of imidazole rings is 1. The van der Waals surface area contributed by atoms with Gasteiger partial charge in [0.15, 0.2) is 11.5 Å². The van der Waals surface area contributed by atoms with Crippen molar-refractivity contribution in [2.75, 3.05) is 69.8 Å². The Kier molecular flexibility index (Phi) is 10.6. The molecule has 0 radical (unpaired) electrons. The Hall–Kier alpha value is -4.30. The lowest BCUT2D eigenvalue weighted by Crippen LogP contribution is -2.46. The number of anilines is 2. The minimum atomic E-state index is -4.72. The Morgan fingerprint density at radius 3 is 2.46 bits per heavy atom. The monoisotopic (exact) mass is 697 g/mol. The van der Waals surface area contributed by atoms with Gasteiger partial charge in [0, 0.05) is 64.3 Å². The van der Waals surface area contributed by atoms with Crippen LogP contribution in [0.25, 0.3) is 33.9 Å². The van der Waals surface area contributed by atoms with Crippen LogP contribution >= 0.6 is 0 Å². The summed E-state index contributed by atoms with van der Waals surface area (Å²) in [5, 5.41) is 8.91. The molecule has 1 saturated carbocycles. The SMILES string of the molecule is COCC1(CN(C)c2cc(-c3cc(F)cc(C(F)(F)F)c3)nc3nc(-c4ccc(N5CCN(CCCC(=O)O)CC5)cn4)[nH]c23)CCCCC1. The largest absolute Gasteiger partial charge is 0.481 e. The number of fused-ring (bicyclic) bond motifs is 1. The Morgan fingerprint density at radius 2 is 1.80 bits per heavy atom. The number of halogens is 4. The molecule has 2 fully saturated rings. The van der Waals surface area contributed by atoms with Crippen molar-refractivity contribution in [2.45, 2.75) is 51.1 Å². The number of carbonyl (C=O) groups is 1. The number of pyridine rings is 2. The van der Waals surface area contributed by atoms with Crippen LogP contribution in [0.5, 0.6) is 0 Å². The Bertz CT molecular complexity index is 1780. The average molecular weight is 698 g/mol. The molecule has 0 bridgehead atoms. The van der Waals surface area contributed by atoms with Crippen LogP contribution in [0, 0.1) is 11.2 Å². The normalized spacial score (nSPS) is 17.0. The Balaban J connectivity index is 1.30. The first-order valence-corrected chi connectivity index (χ1v) is 17.1. The van der Waals surface area contributed by atoms with Gasteiger partial charge in [-0.3, -0.25) is 14.7 Å². The molecule has 0 atom stereocenters. The van der Waals surface area contributed by atoms with Gasteiger partial charge in [0.1, 0.15) is 17.0 Å². The third kappa shape index (κ3) is 8.18. The van der Waals surface area contributed by atoms with E-state index in [1.807, 2.05) is 19.2 Å². The lowest BCUT2D eigenvalue weighted by molar-refractivity contribution is -0.138. The number of carboxylic acids is 1. The summed E-state index contributed by atoms with van der Waals surface area (Å²) in [6.07, 6.45) is 3.21. The van der Waals surface area contributed by atoms with E-state index in [0.29, 0.717) is 48.4 Å². The summed E-state index contributed by atoms with van der Waals surface area (Å²) in [6.45, 7) is 5.23. The van der Waals surface area contributed by atoms with Crippen LogP contribution in [-0.4, -0.2) is 95.9 Å². The van der Waals surface area contributed by atoms with E-state index in [2.05, 4.69) is 24.7 Å². The summed E-state index contributed by atoms with van der Waals surface area (Å²) in [5.41, 5.74) is 2.10. The topological polar surface area (TPSA) is 111 Å². The van der Waals surface area contributed by atoms with E-state index in [-0.39, 0.29) is 28.7 Å². The van der Waals surface area contributed by atoms with Gasteiger partial charge in [-0.2, -0.15) is 13.2 Å². The lowest BCUT2D eigenvalue weighted by Gasteiger charge is -2.40. The number of alkyl halides is 3. The number of aliphatic carboxylic acids is 1. The number of ether oxygens (including phenoxy) is 1. The van der Waals surface area contributed by atoms with Gasteiger partial charge in [-0.15, -0.1) is 0 Å². The summed E-state index contributed by atoms with van der Waals surface area (Å²) in [7, 11) is 3.64. The second-order valence-corrected chi connectivity index (χ2v) is 13.6. The zero-order valence-corrected chi connectivity index (χ0v) is 28.4. The summed E-state index contributed by atoms with van der Waals surface area (Å²) in [6, 6.07) is 8.00. The van der Waals surface area contributed by atoms with Crippen molar-refractivity contribution in [3.05, 3.63) is 54.0 Å². The fourth-order valence-corrected chi connectivity index (χ4v) is 7.38. The van der Waals surface area contributed by atoms with Crippen LogP contribution in [0.2, 0.25) is 0 Å². The molecule has 10 nitrogen and oxygen atoms in total. The molecule has 1 aliphatic carbocycles. The van der Waals surface area contributed by atoms with Crippen molar-refractivity contribution in [3.8, 4) is 22.8 Å². The maximum atomic E-state index is 14.5. The summed E-state index contributed by atoms with van der Waals surface area (Å²) in [5.74, 6) is -1.33. The van der Waals surface area contributed by atoms with E-state index >= 15 is 0 Å². The molecule has 1 aliphatic heterocycles. The number of H-pyrrole nitrogens is 1. The molecule has 50 heavy (non-hydrogen) atoms. The molecule has 268 valence electrons. The molecule has 2 N–H and O–H groups in total. The third-order valence-electron chi connectivity index (χ3n) is 9.90. The van der Waals surface area contributed by atoms with Crippen molar-refractivity contribution >= 4 is 28.5 Å². The van der Waals surface area contributed by atoms with E-state index < -0.39 is 23.5 Å². The number of carboxylic acid groups (broad SMARTS) is 1. The number of piperazine rings is 1. The number of aromatic nitrogens is 4. The fourth-order valence-electron chi connectivity index (χ4n) is 7.38. The van der Waals surface area contributed by atoms with E-state index in [1.165, 1.54) is 6.42 Å². The minimum Gasteiger partial charge on any atom is -0.481 e. The molecular formula is C36H43F4N7O3. The average Bonchev–Trinajstić information content (AvgIpc) is 3.52. The fraction of sp³-hybridized carbons (Fsp3) is 0.500. The molecule has 0 unspecified atom stereocenters. The number of hydrogen-bond donors (Lipinski definition) is 2. The molecule has 2 aliphatic rings. The predicted octanol–water partition coefficient (Wildman–Crippen LogP) is 6.86. The highest BCUT2D eigenvalue weighted by atomic mass is 19.4. The number of methoxy groups -OCH3 is 1. The standard InChI is InChI=1S/C36H43F4N7O3/c1-45(22-35(23-50-2)10-4-3-5-11-35)30-20-29(24-17-25(36(38,39)40)19-26(37)18-24)42-34-32(30)43-33(44-34)28-9-8-27(21-41-28)47-15-13-46(14-16-47)12-6-7-31(48)49/h8-9,17-21H,3-7,10-16,22-23H2,1-2H3,(H,48,49)(H,42,43,44). The molecule has 0 amide bonds.